The molecule has 1 aliphatic rings. The molecule has 9 heteroatoms. The van der Waals surface area contributed by atoms with E-state index in [4.69, 9.17) is 0 Å². The van der Waals surface area contributed by atoms with E-state index in [0.29, 0.717) is 17.3 Å². The van der Waals surface area contributed by atoms with Gasteiger partial charge in [-0.25, -0.2) is 4.98 Å². The summed E-state index contributed by atoms with van der Waals surface area (Å²) in [7, 11) is 3.95. The maximum Gasteiger partial charge on any atom is 0.256 e. The molecule has 0 bridgehead atoms. The fourth-order valence-electron chi connectivity index (χ4n) is 4.02. The smallest absolute Gasteiger partial charge is 0.256 e. The van der Waals surface area contributed by atoms with Crippen LogP contribution in [0.1, 0.15) is 34.8 Å². The van der Waals surface area contributed by atoms with Crippen molar-refractivity contribution >= 4 is 22.6 Å². The second-order valence-corrected chi connectivity index (χ2v) is 8.26. The SMILES string of the molecule is CN1CCC(c2cc(C(=O)Nc3cc4cc(-c5cn(C)nn5)cnc4cn3)ccn2)CC1. The first-order valence-electron chi connectivity index (χ1n) is 10.6. The van der Waals surface area contributed by atoms with Crippen LogP contribution in [0.15, 0.2) is 49.1 Å². The van der Waals surface area contributed by atoms with Crippen LogP contribution < -0.4 is 5.32 Å². The molecule has 0 aliphatic carbocycles. The van der Waals surface area contributed by atoms with E-state index in [1.165, 1.54) is 0 Å². The Kier molecular flexibility index (Phi) is 5.32. The van der Waals surface area contributed by atoms with Gasteiger partial charge in [-0.3, -0.25) is 19.4 Å². The molecule has 0 aromatic carbocycles. The minimum atomic E-state index is -0.202. The summed E-state index contributed by atoms with van der Waals surface area (Å²) >= 11 is 0. The van der Waals surface area contributed by atoms with Crippen LogP contribution in [0.2, 0.25) is 0 Å². The summed E-state index contributed by atoms with van der Waals surface area (Å²) in [6.45, 7) is 2.10. The van der Waals surface area contributed by atoms with Crippen LogP contribution >= 0.6 is 0 Å². The monoisotopic (exact) mass is 428 g/mol. The molecule has 0 radical (unpaired) electrons. The van der Waals surface area contributed by atoms with E-state index >= 15 is 0 Å². The molecule has 4 aromatic rings. The molecule has 0 unspecified atom stereocenters. The third-order valence-corrected chi connectivity index (χ3v) is 5.89. The zero-order valence-corrected chi connectivity index (χ0v) is 18.1. The van der Waals surface area contributed by atoms with E-state index < -0.39 is 0 Å². The number of pyridine rings is 3. The van der Waals surface area contributed by atoms with Gasteiger partial charge in [0.05, 0.1) is 17.9 Å². The molecule has 9 nitrogen and oxygen atoms in total. The van der Waals surface area contributed by atoms with Gasteiger partial charge >= 0.3 is 0 Å². The normalized spacial score (nSPS) is 15.2. The molecule has 0 saturated carbocycles. The number of anilines is 1. The zero-order valence-electron chi connectivity index (χ0n) is 18.1. The number of rotatable bonds is 4. The standard InChI is InChI=1S/C23H24N8O/c1-30-7-4-15(5-8-30)19-10-16(3-6-24-19)23(32)27-22-11-17-9-18(12-25-20(17)13-26-22)21-14-31(2)29-28-21/h3,6,9-15H,4-5,7-8H2,1-2H3,(H,26,27,32). The zero-order chi connectivity index (χ0) is 22.1. The number of amides is 1. The van der Waals surface area contributed by atoms with Crippen molar-refractivity contribution in [2.75, 3.05) is 25.5 Å². The molecular formula is C23H24N8O. The quantitative estimate of drug-likeness (QED) is 0.533. The summed E-state index contributed by atoms with van der Waals surface area (Å²) in [5.74, 6) is 0.660. The highest BCUT2D eigenvalue weighted by atomic mass is 16.1. The number of fused-ring (bicyclic) bond motifs is 1. The highest BCUT2D eigenvalue weighted by Gasteiger charge is 2.20. The van der Waals surface area contributed by atoms with Gasteiger partial charge in [0.2, 0.25) is 0 Å². The number of hydrogen-bond donors (Lipinski definition) is 1. The molecule has 1 N–H and O–H groups in total. The number of hydrogen-bond acceptors (Lipinski definition) is 7. The number of likely N-dealkylation sites (tertiary alicyclic amines) is 1. The fourth-order valence-corrected chi connectivity index (χ4v) is 4.02. The van der Waals surface area contributed by atoms with Gasteiger partial charge in [-0.15, -0.1) is 5.10 Å². The first-order valence-corrected chi connectivity index (χ1v) is 10.6. The predicted octanol–water partition coefficient (Wildman–Crippen LogP) is 2.88. The van der Waals surface area contributed by atoms with Crippen molar-refractivity contribution in [3.05, 3.63) is 60.3 Å². The van der Waals surface area contributed by atoms with Crippen molar-refractivity contribution in [3.8, 4) is 11.3 Å². The lowest BCUT2D eigenvalue weighted by atomic mass is 9.92. The second kappa shape index (κ2) is 8.43. The molecular weight excluding hydrogens is 404 g/mol. The number of carbonyl (C=O) groups excluding carboxylic acids is 1. The number of aromatic nitrogens is 6. The van der Waals surface area contributed by atoms with Gasteiger partial charge in [0, 0.05) is 47.6 Å². The Morgan fingerprint density at radius 3 is 2.69 bits per heavy atom. The Hall–Kier alpha value is -3.72. The summed E-state index contributed by atoms with van der Waals surface area (Å²) in [6.07, 6.45) is 9.06. The summed E-state index contributed by atoms with van der Waals surface area (Å²) < 4.78 is 1.65. The van der Waals surface area contributed by atoms with Gasteiger partial charge in [-0.05, 0) is 57.2 Å². The summed E-state index contributed by atoms with van der Waals surface area (Å²) in [6, 6.07) is 7.43. The Labute approximate surface area is 185 Å². The van der Waals surface area contributed by atoms with E-state index in [0.717, 1.165) is 53.8 Å². The average molecular weight is 429 g/mol. The number of aryl methyl sites for hydroxylation is 1. The molecule has 0 atom stereocenters. The van der Waals surface area contributed by atoms with Gasteiger partial charge < -0.3 is 10.2 Å². The molecule has 1 aliphatic heterocycles. The Morgan fingerprint density at radius 1 is 1.06 bits per heavy atom. The van der Waals surface area contributed by atoms with Gasteiger partial charge in [0.15, 0.2) is 0 Å². The minimum Gasteiger partial charge on any atom is -0.307 e. The van der Waals surface area contributed by atoms with Crippen LogP contribution in [0.25, 0.3) is 22.2 Å². The molecule has 1 fully saturated rings. The topological polar surface area (TPSA) is 102 Å². The third-order valence-electron chi connectivity index (χ3n) is 5.89. The van der Waals surface area contributed by atoms with Crippen LogP contribution in [-0.4, -0.2) is 60.9 Å². The molecule has 5 heterocycles. The van der Waals surface area contributed by atoms with Crippen molar-refractivity contribution < 1.29 is 4.79 Å². The lowest BCUT2D eigenvalue weighted by molar-refractivity contribution is 0.102. The van der Waals surface area contributed by atoms with E-state index in [9.17, 15) is 4.79 Å². The molecule has 5 rings (SSSR count). The first kappa shape index (κ1) is 20.2. The van der Waals surface area contributed by atoms with Gasteiger partial charge in [-0.2, -0.15) is 0 Å². The molecule has 4 aromatic heterocycles. The maximum absolute atomic E-state index is 12.9. The maximum atomic E-state index is 12.9. The molecule has 1 saturated heterocycles. The highest BCUT2D eigenvalue weighted by Crippen LogP contribution is 2.27. The van der Waals surface area contributed by atoms with Crippen molar-refractivity contribution in [2.45, 2.75) is 18.8 Å². The van der Waals surface area contributed by atoms with E-state index in [1.54, 1.807) is 29.3 Å². The molecule has 32 heavy (non-hydrogen) atoms. The lowest BCUT2D eigenvalue weighted by Gasteiger charge is -2.28. The van der Waals surface area contributed by atoms with Gasteiger partial charge in [0.1, 0.15) is 11.5 Å². The number of nitrogens with one attached hydrogen (secondary N) is 1. The largest absolute Gasteiger partial charge is 0.307 e. The summed E-state index contributed by atoms with van der Waals surface area (Å²) in [4.78, 5) is 28.6. The molecule has 0 spiro atoms. The Bertz CT molecular complexity index is 1280. The van der Waals surface area contributed by atoms with Gasteiger partial charge in [-0.1, -0.05) is 5.21 Å². The second-order valence-electron chi connectivity index (χ2n) is 8.26. The van der Waals surface area contributed by atoms with Gasteiger partial charge in [0.25, 0.3) is 5.91 Å². The highest BCUT2D eigenvalue weighted by molar-refractivity contribution is 6.04. The fraction of sp³-hybridized carbons (Fsp3) is 0.304. The predicted molar refractivity (Wildman–Crippen MR) is 121 cm³/mol. The first-order chi connectivity index (χ1) is 15.5. The van der Waals surface area contributed by atoms with E-state index in [-0.39, 0.29) is 5.91 Å². The van der Waals surface area contributed by atoms with Crippen LogP contribution in [0.3, 0.4) is 0 Å². The number of piperidine rings is 1. The summed E-state index contributed by atoms with van der Waals surface area (Å²) in [5, 5.41) is 11.9. The number of carbonyl (C=O) groups is 1. The summed E-state index contributed by atoms with van der Waals surface area (Å²) in [5.41, 5.74) is 3.90. The van der Waals surface area contributed by atoms with Crippen LogP contribution in [-0.2, 0) is 7.05 Å². The average Bonchev–Trinajstić information content (AvgIpc) is 3.25. The number of nitrogens with zero attached hydrogens (tertiary/aromatic N) is 7. The minimum absolute atomic E-state index is 0.202. The Morgan fingerprint density at radius 2 is 1.91 bits per heavy atom. The third kappa shape index (κ3) is 4.19. The van der Waals surface area contributed by atoms with E-state index in [2.05, 4.69) is 42.5 Å². The van der Waals surface area contributed by atoms with E-state index in [1.807, 2.05) is 31.4 Å². The Balaban J connectivity index is 1.36. The van der Waals surface area contributed by atoms with Crippen LogP contribution in [0.5, 0.6) is 0 Å². The van der Waals surface area contributed by atoms with Crippen LogP contribution in [0, 0.1) is 0 Å². The lowest BCUT2D eigenvalue weighted by Crippen LogP contribution is -2.29. The van der Waals surface area contributed by atoms with Crippen LogP contribution in [0.4, 0.5) is 5.82 Å². The van der Waals surface area contributed by atoms with Crippen molar-refractivity contribution in [2.24, 2.45) is 7.05 Å². The molecule has 1 amide bonds. The van der Waals surface area contributed by atoms with Crippen molar-refractivity contribution in [1.82, 2.24) is 34.8 Å². The molecule has 162 valence electrons. The van der Waals surface area contributed by atoms with Crippen molar-refractivity contribution in [1.29, 1.82) is 0 Å². The van der Waals surface area contributed by atoms with Crippen molar-refractivity contribution in [3.63, 3.8) is 0 Å².